The largest absolute Gasteiger partial charge is 0.458 e. The van der Waals surface area contributed by atoms with Gasteiger partial charge in [-0.15, -0.1) is 0 Å². The molecule has 0 aliphatic heterocycles. The summed E-state index contributed by atoms with van der Waals surface area (Å²) in [6.07, 6.45) is 6.64. The van der Waals surface area contributed by atoms with Gasteiger partial charge in [-0.05, 0) is 88.2 Å². The van der Waals surface area contributed by atoms with E-state index >= 15 is 0 Å². The number of hydrogen-bond acceptors (Lipinski definition) is 3. The Morgan fingerprint density at radius 2 is 1.32 bits per heavy atom. The Bertz CT molecular complexity index is 3090. The van der Waals surface area contributed by atoms with Gasteiger partial charge in [-0.3, -0.25) is 13.7 Å². The van der Waals surface area contributed by atoms with E-state index in [1.807, 2.05) is 12.3 Å². The van der Waals surface area contributed by atoms with Crippen LogP contribution >= 0.6 is 0 Å². The van der Waals surface area contributed by atoms with E-state index in [1.165, 1.54) is 27.6 Å². The zero-order valence-corrected chi connectivity index (χ0v) is 37.8. The smallest absolute Gasteiger partial charge is 0.271 e. The minimum Gasteiger partial charge on any atom is -0.458 e. The zero-order chi connectivity index (χ0) is 43.5. The van der Waals surface area contributed by atoms with E-state index in [0.717, 1.165) is 68.2 Å². The Labute approximate surface area is 366 Å². The molecule has 312 valence electrons. The van der Waals surface area contributed by atoms with Crippen LogP contribution in [-0.2, 0) is 11.8 Å². The molecule has 0 saturated heterocycles. The van der Waals surface area contributed by atoms with Crippen molar-refractivity contribution in [2.45, 2.75) is 92.9 Å². The van der Waals surface area contributed by atoms with Crippen LogP contribution in [0.3, 0.4) is 0 Å². The molecule has 9 rings (SSSR count). The van der Waals surface area contributed by atoms with E-state index in [-0.39, 0.29) is 22.7 Å². The summed E-state index contributed by atoms with van der Waals surface area (Å²) >= 11 is 0. The third kappa shape index (κ3) is 7.79. The van der Waals surface area contributed by atoms with Gasteiger partial charge in [0, 0.05) is 40.7 Å². The molecule has 4 heterocycles. The predicted molar refractivity (Wildman–Crippen MR) is 256 cm³/mol. The van der Waals surface area contributed by atoms with Crippen LogP contribution in [0.5, 0.6) is 11.5 Å². The highest BCUT2D eigenvalue weighted by molar-refractivity contribution is 6.09. The van der Waals surface area contributed by atoms with Crippen LogP contribution in [0.4, 0.5) is 0 Å². The fourth-order valence-corrected chi connectivity index (χ4v) is 8.88. The summed E-state index contributed by atoms with van der Waals surface area (Å²) in [5.74, 6) is 3.60. The highest BCUT2D eigenvalue weighted by Gasteiger charge is 2.23. The quantitative estimate of drug-likeness (QED) is 0.108. The molecule has 0 saturated carbocycles. The number of nitrogens with zero attached hydrogens (tertiary/aromatic N) is 5. The number of pyridine rings is 2. The number of hydrogen-bond donors (Lipinski definition) is 0. The topological polar surface area (TPSA) is 48.8 Å². The maximum absolute atomic E-state index is 7.03. The predicted octanol–water partition coefficient (Wildman–Crippen LogP) is 14.2. The molecule has 0 unspecified atom stereocenters. The van der Waals surface area contributed by atoms with Crippen molar-refractivity contribution in [2.24, 2.45) is 5.41 Å². The lowest BCUT2D eigenvalue weighted by molar-refractivity contribution is -0.572. The van der Waals surface area contributed by atoms with Gasteiger partial charge in [0.05, 0.1) is 33.4 Å². The van der Waals surface area contributed by atoms with Gasteiger partial charge in [-0.1, -0.05) is 148 Å². The van der Waals surface area contributed by atoms with Crippen molar-refractivity contribution in [2.75, 3.05) is 0 Å². The molecule has 5 aromatic carbocycles. The molecule has 0 aliphatic carbocycles. The van der Waals surface area contributed by atoms with E-state index in [2.05, 4.69) is 217 Å². The van der Waals surface area contributed by atoms with Gasteiger partial charge >= 0.3 is 0 Å². The summed E-state index contributed by atoms with van der Waals surface area (Å²) < 4.78 is 13.5. The Balaban J connectivity index is 1.24. The van der Waals surface area contributed by atoms with Crippen molar-refractivity contribution < 1.29 is 9.30 Å². The first-order valence-corrected chi connectivity index (χ1v) is 22.0. The Morgan fingerprint density at radius 3 is 2.05 bits per heavy atom. The van der Waals surface area contributed by atoms with Crippen molar-refractivity contribution in [3.05, 3.63) is 168 Å². The Hall–Kier alpha value is -6.53. The van der Waals surface area contributed by atoms with Gasteiger partial charge in [0.1, 0.15) is 17.3 Å². The molecular formula is C56H57N5O. The summed E-state index contributed by atoms with van der Waals surface area (Å²) in [5.41, 5.74) is 12.5. The van der Waals surface area contributed by atoms with Crippen molar-refractivity contribution in [1.29, 1.82) is 0 Å². The molecule has 0 radical (unpaired) electrons. The van der Waals surface area contributed by atoms with Crippen molar-refractivity contribution in [3.63, 3.8) is 0 Å². The second-order valence-electron chi connectivity index (χ2n) is 19.6. The van der Waals surface area contributed by atoms with Crippen molar-refractivity contribution in [3.8, 4) is 40.1 Å². The summed E-state index contributed by atoms with van der Waals surface area (Å²) in [7, 11) is 0. The number of ether oxygens (including phenoxy) is 1. The lowest BCUT2D eigenvalue weighted by Gasteiger charge is -2.21. The third-order valence-corrected chi connectivity index (χ3v) is 11.8. The summed E-state index contributed by atoms with van der Waals surface area (Å²) in [4.78, 5) is 10.4. The van der Waals surface area contributed by atoms with Crippen LogP contribution in [0.15, 0.2) is 140 Å². The normalized spacial score (nSPS) is 12.4. The van der Waals surface area contributed by atoms with Crippen LogP contribution < -0.4 is 9.30 Å². The Morgan fingerprint density at radius 1 is 0.629 bits per heavy atom. The van der Waals surface area contributed by atoms with Crippen molar-refractivity contribution >= 4 is 32.8 Å². The SMILES string of the molecule is CC(C)c1cccc(C(C)C)c1-c1cc(Oc2ccc3c4ccccc4n(-c4cc(C(C)(C)C)ccn4)c3c2)cc(-n2[c-][n+](-c3cccc(CC(C)(C)C)c3)c3ccccc32)n1. The molecular weight excluding hydrogens is 759 g/mol. The molecule has 0 spiro atoms. The first kappa shape index (κ1) is 40.9. The number of para-hydroxylation sites is 3. The van der Waals surface area contributed by atoms with Gasteiger partial charge in [0.15, 0.2) is 5.82 Å². The van der Waals surface area contributed by atoms with Crippen LogP contribution in [-0.4, -0.2) is 19.1 Å². The fraction of sp³-hybridized carbons (Fsp3) is 0.268. The van der Waals surface area contributed by atoms with Gasteiger partial charge in [0.2, 0.25) is 0 Å². The maximum Gasteiger partial charge on any atom is 0.271 e. The lowest BCUT2D eigenvalue weighted by atomic mass is 9.87. The number of aromatic nitrogens is 5. The minimum absolute atomic E-state index is 0.0247. The standard InChI is InChI=1S/C56H57N5O/c1-36(2)43-20-16-21-44(37(3)4)54(43)47-31-42(33-53(58-47)60-35-59(49-23-13-14-24-50(49)60)40-18-15-17-38(29-40)34-55(5,6)7)62-41-25-26-46-45-19-11-12-22-48(45)61(51(46)32-41)52-30-39(27-28-57-52)56(8,9)10/h11-33,36-37H,34H2,1-10H3. The third-order valence-electron chi connectivity index (χ3n) is 11.8. The first-order chi connectivity index (χ1) is 29.6. The molecule has 0 aliphatic rings. The molecule has 0 atom stereocenters. The average Bonchev–Trinajstić information content (AvgIpc) is 3.79. The molecule has 6 heteroatoms. The molecule has 0 bridgehead atoms. The maximum atomic E-state index is 7.03. The molecule has 9 aromatic rings. The van der Waals surface area contributed by atoms with Gasteiger partial charge < -0.3 is 4.74 Å². The Kier molecular flexibility index (Phi) is 10.4. The van der Waals surface area contributed by atoms with E-state index in [4.69, 9.17) is 14.7 Å². The molecule has 0 amide bonds. The summed E-state index contributed by atoms with van der Waals surface area (Å²) in [5, 5.41) is 2.31. The number of benzene rings is 5. The van der Waals surface area contributed by atoms with E-state index in [9.17, 15) is 0 Å². The molecule has 6 nitrogen and oxygen atoms in total. The van der Waals surface area contributed by atoms with Crippen molar-refractivity contribution in [1.82, 2.24) is 19.1 Å². The number of rotatable bonds is 9. The number of fused-ring (bicyclic) bond motifs is 4. The minimum atomic E-state index is -0.0247. The second kappa shape index (κ2) is 15.7. The van der Waals surface area contributed by atoms with Gasteiger partial charge in [-0.25, -0.2) is 9.97 Å². The van der Waals surface area contributed by atoms with Gasteiger partial charge in [-0.2, -0.15) is 0 Å². The monoisotopic (exact) mass is 815 g/mol. The van der Waals surface area contributed by atoms with E-state index in [0.29, 0.717) is 5.75 Å². The summed E-state index contributed by atoms with van der Waals surface area (Å²) in [6, 6.07) is 47.4. The molecule has 62 heavy (non-hydrogen) atoms. The molecule has 0 N–H and O–H groups in total. The summed E-state index contributed by atoms with van der Waals surface area (Å²) in [6.45, 7) is 22.6. The van der Waals surface area contributed by atoms with Crippen LogP contribution in [0.1, 0.15) is 103 Å². The second-order valence-corrected chi connectivity index (χ2v) is 19.6. The number of imidazole rings is 1. The lowest BCUT2D eigenvalue weighted by Crippen LogP contribution is -2.29. The van der Waals surface area contributed by atoms with E-state index in [1.54, 1.807) is 0 Å². The van der Waals surface area contributed by atoms with Crippen LogP contribution in [0.2, 0.25) is 0 Å². The molecule has 0 fully saturated rings. The van der Waals surface area contributed by atoms with Crippen LogP contribution in [0, 0.1) is 11.7 Å². The average molecular weight is 816 g/mol. The fourth-order valence-electron chi connectivity index (χ4n) is 8.88. The zero-order valence-electron chi connectivity index (χ0n) is 37.8. The van der Waals surface area contributed by atoms with Crippen LogP contribution in [0.25, 0.3) is 61.4 Å². The van der Waals surface area contributed by atoms with Gasteiger partial charge in [0.25, 0.3) is 6.33 Å². The van der Waals surface area contributed by atoms with E-state index < -0.39 is 0 Å². The molecule has 4 aromatic heterocycles. The highest BCUT2D eigenvalue weighted by atomic mass is 16.5. The highest BCUT2D eigenvalue weighted by Crippen LogP contribution is 2.40. The first-order valence-electron chi connectivity index (χ1n) is 22.0.